The van der Waals surface area contributed by atoms with E-state index in [0.717, 1.165) is 18.2 Å². The lowest BCUT2D eigenvalue weighted by atomic mass is 9.84. The van der Waals surface area contributed by atoms with Crippen molar-refractivity contribution in [2.75, 3.05) is 0 Å². The van der Waals surface area contributed by atoms with Gasteiger partial charge < -0.3 is 5.11 Å². The Bertz CT molecular complexity index is 860. The molecule has 0 saturated heterocycles. The summed E-state index contributed by atoms with van der Waals surface area (Å²) in [7, 11) is 0. The molecule has 0 aromatic heterocycles. The predicted molar refractivity (Wildman–Crippen MR) is 89.1 cm³/mol. The molecule has 1 rings (SSSR count). The van der Waals surface area contributed by atoms with Gasteiger partial charge in [0.25, 0.3) is 0 Å². The monoisotopic (exact) mass is 630 g/mol. The quantitative estimate of drug-likeness (QED) is 0.237. The van der Waals surface area contributed by atoms with Gasteiger partial charge in [0.2, 0.25) is 0 Å². The zero-order chi connectivity index (χ0) is 26.7. The van der Waals surface area contributed by atoms with Crippen molar-refractivity contribution in [2.24, 2.45) is 0 Å². The van der Waals surface area contributed by atoms with Gasteiger partial charge in [0.05, 0.1) is 12.0 Å². The first-order valence-electron chi connectivity index (χ1n) is 8.03. The Balaban J connectivity index is 3.56. The van der Waals surface area contributed by atoms with Crippen LogP contribution < -0.4 is 0 Å². The Hall–Kier alpha value is -1.14. The lowest BCUT2D eigenvalue weighted by Gasteiger charge is -2.42. The minimum Gasteiger partial charge on any atom is -0.385 e. The Morgan fingerprint density at radius 1 is 0.636 bits per heavy atom. The van der Waals surface area contributed by atoms with Gasteiger partial charge >= 0.3 is 41.7 Å². The van der Waals surface area contributed by atoms with Crippen LogP contribution in [-0.2, 0) is 5.60 Å². The van der Waals surface area contributed by atoms with Gasteiger partial charge in [0.1, 0.15) is 0 Å². The molecule has 1 unspecified atom stereocenters. The van der Waals surface area contributed by atoms with Crippen LogP contribution in [0.2, 0.25) is 0 Å². The van der Waals surface area contributed by atoms with E-state index < -0.39 is 59.3 Å². The van der Waals surface area contributed by atoms with Gasteiger partial charge in [-0.2, -0.15) is 65.9 Å². The van der Waals surface area contributed by atoms with Crippen LogP contribution in [-0.4, -0.2) is 46.8 Å². The average Bonchev–Trinajstić information content (AvgIpc) is 2.59. The molecule has 33 heavy (non-hydrogen) atoms. The van der Waals surface area contributed by atoms with E-state index in [1.54, 1.807) is 0 Å². The zero-order valence-corrected chi connectivity index (χ0v) is 17.7. The molecule has 0 amide bonds. The molecule has 0 fully saturated rings. The number of halogens is 16. The molecule has 0 heterocycles. The van der Waals surface area contributed by atoms with Crippen LogP contribution in [0.25, 0.3) is 0 Å². The van der Waals surface area contributed by atoms with E-state index in [2.05, 4.69) is 0 Å². The number of aliphatic hydroxyl groups is 1. The summed E-state index contributed by atoms with van der Waals surface area (Å²) in [6.45, 7) is 0.331. The van der Waals surface area contributed by atoms with Crippen molar-refractivity contribution in [1.29, 1.82) is 0 Å². The molecular weight excluding hydrogens is 620 g/mol. The molecule has 1 aromatic carbocycles. The van der Waals surface area contributed by atoms with Crippen molar-refractivity contribution in [2.45, 2.75) is 60.7 Å². The van der Waals surface area contributed by atoms with Crippen LogP contribution in [0.1, 0.15) is 18.9 Å². The van der Waals surface area contributed by atoms with Crippen molar-refractivity contribution in [1.82, 2.24) is 0 Å². The van der Waals surface area contributed by atoms with E-state index in [-0.39, 0.29) is 3.57 Å². The number of benzene rings is 1. The van der Waals surface area contributed by atoms with Gasteiger partial charge in [0.15, 0.2) is 0 Å². The molecule has 0 aliphatic rings. The van der Waals surface area contributed by atoms with Crippen molar-refractivity contribution in [3.63, 3.8) is 0 Å². The van der Waals surface area contributed by atoms with Gasteiger partial charge in [-0.1, -0.05) is 18.2 Å². The van der Waals surface area contributed by atoms with Gasteiger partial charge in [-0.15, -0.1) is 0 Å². The van der Waals surface area contributed by atoms with E-state index in [9.17, 15) is 71.0 Å². The highest BCUT2D eigenvalue weighted by Gasteiger charge is 2.93. The lowest BCUT2D eigenvalue weighted by molar-refractivity contribution is -0.453. The third-order valence-electron chi connectivity index (χ3n) is 4.41. The summed E-state index contributed by atoms with van der Waals surface area (Å²) in [5.41, 5.74) is -3.85. The fraction of sp³-hybridized carbons (Fsp3) is 0.625. The molecule has 0 radical (unpaired) electrons. The number of hydrogen-bond donors (Lipinski definition) is 1. The van der Waals surface area contributed by atoms with E-state index in [4.69, 9.17) is 0 Å². The molecule has 1 atom stereocenters. The van der Waals surface area contributed by atoms with Crippen molar-refractivity contribution in [3.05, 3.63) is 33.4 Å². The van der Waals surface area contributed by atoms with E-state index in [0.29, 0.717) is 6.92 Å². The van der Waals surface area contributed by atoms with Crippen LogP contribution in [0.5, 0.6) is 0 Å². The fourth-order valence-electron chi connectivity index (χ4n) is 2.54. The summed E-state index contributed by atoms with van der Waals surface area (Å²) in [4.78, 5) is 0. The molecular formula is C16H10F15IO. The summed E-state index contributed by atoms with van der Waals surface area (Å²) in [5.74, 6) is -47.0. The molecule has 1 N–H and O–H groups in total. The minimum absolute atomic E-state index is 0.132. The number of alkyl halides is 15. The largest absolute Gasteiger partial charge is 0.460 e. The second-order valence-electron chi connectivity index (χ2n) is 7.00. The lowest BCUT2D eigenvalue weighted by Crippen LogP contribution is -2.72. The maximum Gasteiger partial charge on any atom is 0.460 e. The topological polar surface area (TPSA) is 20.2 Å². The van der Waals surface area contributed by atoms with E-state index in [1.807, 2.05) is 0 Å². The normalized spacial score (nSPS) is 17.2. The highest BCUT2D eigenvalue weighted by Crippen LogP contribution is 2.63. The summed E-state index contributed by atoms with van der Waals surface area (Å²) in [6.07, 6.45) is -10.5. The van der Waals surface area contributed by atoms with Crippen LogP contribution in [0.15, 0.2) is 24.3 Å². The average molecular weight is 630 g/mol. The molecule has 0 saturated carbocycles. The third-order valence-corrected chi connectivity index (χ3v) is 5.35. The SMILES string of the molecule is CC(O)(CC(F)(F)C(F)(F)C(F)(F)C(F)(F)C(F)(F)C(F)(F)C(F)(F)F)c1ccccc1I. The van der Waals surface area contributed by atoms with Crippen LogP contribution >= 0.6 is 22.6 Å². The standard InChI is InChI=1S/C16H10F15IO/c1-9(33,7-4-2-3-5-8(7)32)6-10(17,18)11(19,20)12(21,22)13(23,24)14(25,26)15(27,28)16(29,30)31/h2-5,33H,6H2,1H3. The molecule has 1 nitrogen and oxygen atoms in total. The van der Waals surface area contributed by atoms with Crippen molar-refractivity contribution in [3.8, 4) is 0 Å². The summed E-state index contributed by atoms with van der Waals surface area (Å²) in [6, 6.07) is 4.21. The maximum atomic E-state index is 14.1. The molecule has 0 aliphatic heterocycles. The highest BCUT2D eigenvalue weighted by molar-refractivity contribution is 14.1. The first kappa shape index (κ1) is 29.9. The Kier molecular flexibility index (Phi) is 7.44. The molecule has 0 spiro atoms. The molecule has 1 aromatic rings. The molecule has 0 aliphatic carbocycles. The van der Waals surface area contributed by atoms with E-state index >= 15 is 0 Å². The molecule has 192 valence electrons. The minimum atomic E-state index is -8.35. The maximum absolute atomic E-state index is 14.1. The Morgan fingerprint density at radius 3 is 1.39 bits per heavy atom. The van der Waals surface area contributed by atoms with Crippen LogP contribution in [0.4, 0.5) is 65.9 Å². The van der Waals surface area contributed by atoms with E-state index in [1.165, 1.54) is 28.7 Å². The zero-order valence-electron chi connectivity index (χ0n) is 15.5. The molecule has 0 bridgehead atoms. The summed E-state index contributed by atoms with van der Waals surface area (Å²) in [5, 5.41) is 10.1. The highest BCUT2D eigenvalue weighted by atomic mass is 127. The Labute approximate surface area is 188 Å². The number of rotatable bonds is 8. The first-order valence-corrected chi connectivity index (χ1v) is 9.11. The predicted octanol–water partition coefficient (Wildman–Crippen LogP) is 7.26. The van der Waals surface area contributed by atoms with Gasteiger partial charge in [0, 0.05) is 3.57 Å². The van der Waals surface area contributed by atoms with Crippen molar-refractivity contribution < 1.29 is 71.0 Å². The van der Waals surface area contributed by atoms with Gasteiger partial charge in [-0.3, -0.25) is 0 Å². The van der Waals surface area contributed by atoms with Crippen molar-refractivity contribution >= 4 is 22.6 Å². The Morgan fingerprint density at radius 2 is 1.00 bits per heavy atom. The summed E-state index contributed by atoms with van der Waals surface area (Å²) >= 11 is 1.36. The summed E-state index contributed by atoms with van der Waals surface area (Å²) < 4.78 is 198. The number of hydrogen-bond acceptors (Lipinski definition) is 1. The second-order valence-corrected chi connectivity index (χ2v) is 8.17. The fourth-order valence-corrected chi connectivity index (χ4v) is 3.50. The first-order chi connectivity index (χ1) is 14.2. The second kappa shape index (κ2) is 8.22. The van der Waals surface area contributed by atoms with Crippen LogP contribution in [0.3, 0.4) is 0 Å². The van der Waals surface area contributed by atoms with Gasteiger partial charge in [-0.05, 0) is 41.1 Å². The third kappa shape index (κ3) is 4.47. The van der Waals surface area contributed by atoms with Crippen LogP contribution in [0, 0.1) is 3.57 Å². The van der Waals surface area contributed by atoms with Gasteiger partial charge in [-0.25, -0.2) is 0 Å². The molecule has 17 heteroatoms. The smallest absolute Gasteiger partial charge is 0.385 e.